The van der Waals surface area contributed by atoms with Crippen LogP contribution in [0.5, 0.6) is 0 Å². The Balaban J connectivity index is 1.67. The summed E-state index contributed by atoms with van der Waals surface area (Å²) in [7, 11) is 0. The van der Waals surface area contributed by atoms with E-state index in [0.29, 0.717) is 12.2 Å². The van der Waals surface area contributed by atoms with Crippen LogP contribution in [-0.4, -0.2) is 24.4 Å². The Bertz CT molecular complexity index is 652. The van der Waals surface area contributed by atoms with Crippen LogP contribution in [0.1, 0.15) is 17.0 Å². The molecule has 1 aromatic carbocycles. The molecule has 1 aromatic heterocycles. The fourth-order valence-corrected chi connectivity index (χ4v) is 2.34. The molecule has 1 aliphatic rings. The molecule has 1 unspecified atom stereocenters. The third kappa shape index (κ3) is 2.79. The Morgan fingerprint density at radius 1 is 1.29 bits per heavy atom. The quantitative estimate of drug-likeness (QED) is 0.939. The number of rotatable bonds is 3. The van der Waals surface area contributed by atoms with Gasteiger partial charge in [-0.25, -0.2) is 4.39 Å². The van der Waals surface area contributed by atoms with Crippen molar-refractivity contribution in [3.63, 3.8) is 0 Å². The van der Waals surface area contributed by atoms with Crippen LogP contribution in [0.2, 0.25) is 0 Å². The fraction of sp³-hybridized carbons (Fsp3) is 0.200. The second-order valence-electron chi connectivity index (χ2n) is 4.83. The SMILES string of the molecule is O=C(NC1CC(=O)N(c2ccc(F)cc2)C1)c1ccco1. The van der Waals surface area contributed by atoms with Crippen LogP contribution in [0.25, 0.3) is 0 Å². The molecule has 6 heteroatoms. The predicted molar refractivity (Wildman–Crippen MR) is 73.3 cm³/mol. The van der Waals surface area contributed by atoms with E-state index < -0.39 is 0 Å². The van der Waals surface area contributed by atoms with Crippen molar-refractivity contribution in [3.8, 4) is 0 Å². The van der Waals surface area contributed by atoms with E-state index in [9.17, 15) is 14.0 Å². The Labute approximate surface area is 120 Å². The van der Waals surface area contributed by atoms with Crippen molar-refractivity contribution in [2.75, 3.05) is 11.4 Å². The second-order valence-corrected chi connectivity index (χ2v) is 4.83. The number of carbonyl (C=O) groups excluding carboxylic acids is 2. The normalized spacial score (nSPS) is 18.0. The van der Waals surface area contributed by atoms with E-state index in [1.54, 1.807) is 24.3 Å². The highest BCUT2D eigenvalue weighted by atomic mass is 19.1. The lowest BCUT2D eigenvalue weighted by molar-refractivity contribution is -0.117. The molecule has 1 atom stereocenters. The van der Waals surface area contributed by atoms with Crippen LogP contribution in [0.15, 0.2) is 47.1 Å². The first-order valence-electron chi connectivity index (χ1n) is 6.54. The summed E-state index contributed by atoms with van der Waals surface area (Å²) >= 11 is 0. The highest BCUT2D eigenvalue weighted by molar-refractivity contribution is 5.98. The second kappa shape index (κ2) is 5.40. The number of anilines is 1. The Hall–Kier alpha value is -2.63. The van der Waals surface area contributed by atoms with Gasteiger partial charge in [0.2, 0.25) is 5.91 Å². The van der Waals surface area contributed by atoms with Gasteiger partial charge in [0.15, 0.2) is 5.76 Å². The summed E-state index contributed by atoms with van der Waals surface area (Å²) in [5.41, 5.74) is 0.621. The molecule has 21 heavy (non-hydrogen) atoms. The Morgan fingerprint density at radius 3 is 2.71 bits per heavy atom. The van der Waals surface area contributed by atoms with Crippen LogP contribution in [0, 0.1) is 5.82 Å². The van der Waals surface area contributed by atoms with E-state index in [2.05, 4.69) is 5.32 Å². The highest BCUT2D eigenvalue weighted by Gasteiger charge is 2.32. The number of nitrogens with one attached hydrogen (secondary N) is 1. The fourth-order valence-electron chi connectivity index (χ4n) is 2.34. The first kappa shape index (κ1) is 13.4. The van der Waals surface area contributed by atoms with Gasteiger partial charge in [0.05, 0.1) is 12.3 Å². The summed E-state index contributed by atoms with van der Waals surface area (Å²) in [6.07, 6.45) is 1.63. The standard InChI is InChI=1S/C15H13FN2O3/c16-10-3-5-12(6-4-10)18-9-11(8-14(18)19)17-15(20)13-2-1-7-21-13/h1-7,11H,8-9H2,(H,17,20). The summed E-state index contributed by atoms with van der Waals surface area (Å²) in [4.78, 5) is 25.4. The molecule has 0 radical (unpaired) electrons. The first-order chi connectivity index (χ1) is 10.1. The van der Waals surface area contributed by atoms with Gasteiger partial charge in [-0.15, -0.1) is 0 Å². The number of hydrogen-bond donors (Lipinski definition) is 1. The smallest absolute Gasteiger partial charge is 0.287 e. The average Bonchev–Trinajstić information content (AvgIpc) is 3.10. The molecule has 0 spiro atoms. The van der Waals surface area contributed by atoms with E-state index in [1.165, 1.54) is 23.3 Å². The number of furan rings is 1. The number of hydrogen-bond acceptors (Lipinski definition) is 3. The van der Waals surface area contributed by atoms with Gasteiger partial charge in [-0.05, 0) is 36.4 Å². The van der Waals surface area contributed by atoms with Gasteiger partial charge < -0.3 is 14.6 Å². The summed E-state index contributed by atoms with van der Waals surface area (Å²) in [5.74, 6) is -0.596. The van der Waals surface area contributed by atoms with Crippen LogP contribution in [-0.2, 0) is 4.79 Å². The predicted octanol–water partition coefficient (Wildman–Crippen LogP) is 1.95. The van der Waals surface area contributed by atoms with Gasteiger partial charge in [-0.3, -0.25) is 9.59 Å². The van der Waals surface area contributed by atoms with Crippen molar-refractivity contribution in [1.82, 2.24) is 5.32 Å². The minimum Gasteiger partial charge on any atom is -0.459 e. The zero-order valence-electron chi connectivity index (χ0n) is 11.1. The summed E-state index contributed by atoms with van der Waals surface area (Å²) < 4.78 is 17.9. The molecule has 1 aliphatic heterocycles. The zero-order valence-corrected chi connectivity index (χ0v) is 11.1. The molecule has 1 fully saturated rings. The summed E-state index contributed by atoms with van der Waals surface area (Å²) in [6.45, 7) is 0.358. The molecule has 108 valence electrons. The molecule has 0 aliphatic carbocycles. The minimum atomic E-state index is -0.354. The largest absolute Gasteiger partial charge is 0.459 e. The molecule has 2 amide bonds. The molecule has 2 aromatic rings. The van der Waals surface area contributed by atoms with Crippen molar-refractivity contribution in [3.05, 3.63) is 54.2 Å². The van der Waals surface area contributed by atoms with Gasteiger partial charge in [-0.1, -0.05) is 0 Å². The monoisotopic (exact) mass is 288 g/mol. The molecule has 5 nitrogen and oxygen atoms in total. The third-order valence-corrected chi connectivity index (χ3v) is 3.34. The van der Waals surface area contributed by atoms with Gasteiger partial charge in [0.1, 0.15) is 5.82 Å². The van der Waals surface area contributed by atoms with Crippen LogP contribution < -0.4 is 10.2 Å². The maximum absolute atomic E-state index is 12.9. The van der Waals surface area contributed by atoms with Gasteiger partial charge in [0.25, 0.3) is 5.91 Å². The number of benzene rings is 1. The lowest BCUT2D eigenvalue weighted by Gasteiger charge is -2.17. The molecule has 3 rings (SSSR count). The van der Waals surface area contributed by atoms with Crippen molar-refractivity contribution in [1.29, 1.82) is 0 Å². The number of nitrogens with zero attached hydrogens (tertiary/aromatic N) is 1. The van der Waals surface area contributed by atoms with Crippen LogP contribution >= 0.6 is 0 Å². The third-order valence-electron chi connectivity index (χ3n) is 3.34. The molecule has 2 heterocycles. The van der Waals surface area contributed by atoms with Crippen LogP contribution in [0.3, 0.4) is 0 Å². The summed E-state index contributed by atoms with van der Waals surface area (Å²) in [6, 6.07) is 8.59. The average molecular weight is 288 g/mol. The number of halogens is 1. The van der Waals surface area contributed by atoms with E-state index in [-0.39, 0.29) is 35.9 Å². The number of carbonyl (C=O) groups is 2. The van der Waals surface area contributed by atoms with Crippen molar-refractivity contribution >= 4 is 17.5 Å². The molecule has 0 saturated carbocycles. The maximum Gasteiger partial charge on any atom is 0.287 e. The van der Waals surface area contributed by atoms with Gasteiger partial charge >= 0.3 is 0 Å². The van der Waals surface area contributed by atoms with E-state index >= 15 is 0 Å². The Morgan fingerprint density at radius 2 is 2.05 bits per heavy atom. The Kier molecular flexibility index (Phi) is 3.43. The summed E-state index contributed by atoms with van der Waals surface area (Å²) in [5, 5.41) is 2.75. The topological polar surface area (TPSA) is 62.6 Å². The van der Waals surface area contributed by atoms with Crippen molar-refractivity contribution in [2.24, 2.45) is 0 Å². The van der Waals surface area contributed by atoms with E-state index in [4.69, 9.17) is 4.42 Å². The molecular formula is C15H13FN2O3. The van der Waals surface area contributed by atoms with E-state index in [1.807, 2.05) is 0 Å². The van der Waals surface area contributed by atoms with Gasteiger partial charge in [-0.2, -0.15) is 0 Å². The van der Waals surface area contributed by atoms with Gasteiger partial charge in [0, 0.05) is 18.7 Å². The molecule has 1 saturated heterocycles. The zero-order chi connectivity index (χ0) is 14.8. The molecule has 0 bridgehead atoms. The minimum absolute atomic E-state index is 0.105. The lowest BCUT2D eigenvalue weighted by atomic mass is 10.2. The number of amides is 2. The first-order valence-corrected chi connectivity index (χ1v) is 6.54. The van der Waals surface area contributed by atoms with Crippen molar-refractivity contribution in [2.45, 2.75) is 12.5 Å². The van der Waals surface area contributed by atoms with Crippen LogP contribution in [0.4, 0.5) is 10.1 Å². The lowest BCUT2D eigenvalue weighted by Crippen LogP contribution is -2.37. The molecule has 1 N–H and O–H groups in total. The van der Waals surface area contributed by atoms with Crippen molar-refractivity contribution < 1.29 is 18.4 Å². The highest BCUT2D eigenvalue weighted by Crippen LogP contribution is 2.22. The molecular weight excluding hydrogens is 275 g/mol. The van der Waals surface area contributed by atoms with E-state index in [0.717, 1.165) is 0 Å². The maximum atomic E-state index is 12.9.